The maximum Gasteiger partial charge on any atom is 0.574 e. The molecule has 1 rings (SSSR count). The minimum atomic E-state index is -5.36. The maximum absolute atomic E-state index is 12.6. The summed E-state index contributed by atoms with van der Waals surface area (Å²) < 4.78 is 102. The minimum Gasteiger partial charge on any atom is -0.388 e. The zero-order valence-corrected chi connectivity index (χ0v) is 9.87. The Morgan fingerprint density at radius 2 is 1.70 bits per heavy atom. The molecule has 0 fully saturated rings. The van der Waals surface area contributed by atoms with Crippen LogP contribution in [0.5, 0.6) is 5.88 Å². The lowest BCUT2D eigenvalue weighted by Gasteiger charge is -2.17. The average Bonchev–Trinajstić information content (AvgIpc) is 2.24. The first-order chi connectivity index (χ1) is 8.95. The van der Waals surface area contributed by atoms with Crippen LogP contribution >= 0.6 is 11.6 Å². The Morgan fingerprint density at radius 3 is 2.05 bits per heavy atom. The van der Waals surface area contributed by atoms with Gasteiger partial charge in [0.1, 0.15) is 0 Å². The summed E-state index contributed by atoms with van der Waals surface area (Å²) in [7, 11) is 0. The number of nitrogens with zero attached hydrogens (tertiary/aromatic N) is 1. The highest BCUT2D eigenvalue weighted by atomic mass is 35.5. The highest BCUT2D eigenvalue weighted by molar-refractivity contribution is 6.17. The molecule has 0 N–H and O–H groups in total. The summed E-state index contributed by atoms with van der Waals surface area (Å²) in [6.07, 6.45) is -14.1. The Morgan fingerprint density at radius 1 is 1.15 bits per heavy atom. The smallest absolute Gasteiger partial charge is 0.388 e. The third kappa shape index (κ3) is 4.09. The lowest BCUT2D eigenvalue weighted by molar-refractivity contribution is -0.276. The van der Waals surface area contributed by atoms with Crippen molar-refractivity contribution in [1.82, 2.24) is 4.98 Å². The van der Waals surface area contributed by atoms with Gasteiger partial charge in [0.2, 0.25) is 5.88 Å². The normalized spacial score (nSPS) is 12.9. The molecule has 0 unspecified atom stereocenters. The van der Waals surface area contributed by atoms with Crippen molar-refractivity contribution in [2.24, 2.45) is 0 Å². The van der Waals surface area contributed by atoms with Crippen LogP contribution in [0.4, 0.5) is 35.1 Å². The summed E-state index contributed by atoms with van der Waals surface area (Å²) >= 11 is 5.14. The van der Waals surface area contributed by atoms with E-state index < -0.39 is 47.5 Å². The molecule has 0 aliphatic carbocycles. The van der Waals surface area contributed by atoms with Gasteiger partial charge in [-0.3, -0.25) is 0 Å². The first-order valence-electron chi connectivity index (χ1n) is 4.66. The summed E-state index contributed by atoms with van der Waals surface area (Å²) in [5.74, 6) is -2.62. The molecule has 0 aliphatic rings. The van der Waals surface area contributed by atoms with Crippen LogP contribution in [-0.2, 0) is 12.1 Å². The summed E-state index contributed by atoms with van der Waals surface area (Å²) in [5.41, 5.74) is -4.35. The van der Waals surface area contributed by atoms with Gasteiger partial charge in [0.05, 0.1) is 5.88 Å². The third-order valence-corrected chi connectivity index (χ3v) is 2.26. The number of ether oxygens (including phenoxy) is 1. The van der Waals surface area contributed by atoms with Crippen molar-refractivity contribution in [2.45, 2.75) is 24.8 Å². The standard InChI is InChI=1S/C9H4ClF8NO/c10-2-4-3(7(11)12)1-5(20-9(16,17)18)19-6(4)8(13,14)15/h1,7H,2H2. The molecule has 0 saturated heterocycles. The Balaban J connectivity index is 3.48. The van der Waals surface area contributed by atoms with Gasteiger partial charge >= 0.3 is 12.5 Å². The second kappa shape index (κ2) is 5.58. The molecule has 114 valence electrons. The van der Waals surface area contributed by atoms with Gasteiger partial charge in [-0.2, -0.15) is 13.2 Å². The molecule has 1 aromatic rings. The van der Waals surface area contributed by atoms with E-state index in [0.717, 1.165) is 0 Å². The predicted octanol–water partition coefficient (Wildman–Crippen LogP) is 4.68. The summed E-state index contributed by atoms with van der Waals surface area (Å²) in [5, 5.41) is 0. The summed E-state index contributed by atoms with van der Waals surface area (Å²) in [4.78, 5) is 2.56. The molecule has 0 bridgehead atoms. The van der Waals surface area contributed by atoms with Gasteiger partial charge in [0.15, 0.2) is 5.69 Å². The van der Waals surface area contributed by atoms with E-state index in [-0.39, 0.29) is 6.07 Å². The molecule has 2 nitrogen and oxygen atoms in total. The van der Waals surface area contributed by atoms with E-state index in [4.69, 9.17) is 11.6 Å². The third-order valence-electron chi connectivity index (χ3n) is 1.99. The Labute approximate surface area is 111 Å². The second-order valence-corrected chi connectivity index (χ2v) is 3.62. The molecule has 0 aromatic carbocycles. The van der Waals surface area contributed by atoms with Gasteiger partial charge in [-0.25, -0.2) is 13.8 Å². The van der Waals surface area contributed by atoms with Gasteiger partial charge in [0, 0.05) is 17.2 Å². The SMILES string of the molecule is FC(F)c1cc(OC(F)(F)F)nc(C(F)(F)F)c1CCl. The molecule has 11 heteroatoms. The number of alkyl halides is 9. The zero-order valence-electron chi connectivity index (χ0n) is 9.12. The Bertz CT molecular complexity index is 484. The van der Waals surface area contributed by atoms with Gasteiger partial charge in [0.25, 0.3) is 6.43 Å². The summed E-state index contributed by atoms with van der Waals surface area (Å²) in [6, 6.07) is 0.0745. The van der Waals surface area contributed by atoms with Crippen LogP contribution in [0.15, 0.2) is 6.07 Å². The van der Waals surface area contributed by atoms with Crippen LogP contribution < -0.4 is 4.74 Å². The molecule has 0 atom stereocenters. The van der Waals surface area contributed by atoms with Crippen LogP contribution in [0, 0.1) is 0 Å². The van der Waals surface area contributed by atoms with E-state index in [0.29, 0.717) is 0 Å². The lowest BCUT2D eigenvalue weighted by Crippen LogP contribution is -2.21. The van der Waals surface area contributed by atoms with E-state index in [1.54, 1.807) is 0 Å². The Hall–Kier alpha value is -1.32. The molecule has 1 aromatic heterocycles. The van der Waals surface area contributed by atoms with E-state index in [9.17, 15) is 35.1 Å². The number of hydrogen-bond acceptors (Lipinski definition) is 2. The van der Waals surface area contributed by atoms with E-state index >= 15 is 0 Å². The lowest BCUT2D eigenvalue weighted by atomic mass is 10.1. The van der Waals surface area contributed by atoms with Crippen molar-refractivity contribution < 1.29 is 39.9 Å². The van der Waals surface area contributed by atoms with Crippen molar-refractivity contribution in [3.05, 3.63) is 22.9 Å². The molecular weight excluding hydrogens is 326 g/mol. The fourth-order valence-electron chi connectivity index (χ4n) is 1.31. The predicted molar refractivity (Wildman–Crippen MR) is 50.4 cm³/mol. The molecule has 0 aliphatic heterocycles. The first-order valence-corrected chi connectivity index (χ1v) is 5.20. The van der Waals surface area contributed by atoms with Crippen LogP contribution in [0.1, 0.15) is 23.2 Å². The van der Waals surface area contributed by atoms with Gasteiger partial charge in [-0.15, -0.1) is 24.8 Å². The monoisotopic (exact) mass is 329 g/mol. The van der Waals surface area contributed by atoms with Crippen LogP contribution in [0.2, 0.25) is 0 Å². The van der Waals surface area contributed by atoms with Crippen LogP contribution in [0.3, 0.4) is 0 Å². The van der Waals surface area contributed by atoms with Crippen molar-refractivity contribution >= 4 is 11.6 Å². The number of rotatable bonds is 3. The topological polar surface area (TPSA) is 22.1 Å². The number of halogens is 9. The first kappa shape index (κ1) is 16.7. The van der Waals surface area contributed by atoms with Gasteiger partial charge < -0.3 is 4.74 Å². The highest BCUT2D eigenvalue weighted by Gasteiger charge is 2.40. The molecule has 0 saturated carbocycles. The summed E-state index contributed by atoms with van der Waals surface area (Å²) in [6.45, 7) is 0. The highest BCUT2D eigenvalue weighted by Crippen LogP contribution is 2.38. The molecule has 20 heavy (non-hydrogen) atoms. The average molecular weight is 330 g/mol. The van der Waals surface area contributed by atoms with Crippen molar-refractivity contribution in [1.29, 1.82) is 0 Å². The minimum absolute atomic E-state index is 0.0745. The quantitative estimate of drug-likeness (QED) is 0.593. The van der Waals surface area contributed by atoms with Crippen molar-refractivity contribution in [3.8, 4) is 5.88 Å². The maximum atomic E-state index is 12.6. The van der Waals surface area contributed by atoms with Gasteiger partial charge in [-0.1, -0.05) is 0 Å². The molecule has 1 heterocycles. The zero-order chi connectivity index (χ0) is 15.7. The number of pyridine rings is 1. The van der Waals surface area contributed by atoms with E-state index in [2.05, 4.69) is 9.72 Å². The Kier molecular flexibility index (Phi) is 4.67. The number of aromatic nitrogens is 1. The van der Waals surface area contributed by atoms with Gasteiger partial charge in [-0.05, 0) is 0 Å². The molecular formula is C9H4ClF8NO. The fraction of sp³-hybridized carbons (Fsp3) is 0.444. The van der Waals surface area contributed by atoms with Crippen molar-refractivity contribution in [3.63, 3.8) is 0 Å². The molecule has 0 amide bonds. The van der Waals surface area contributed by atoms with E-state index in [1.807, 2.05) is 0 Å². The largest absolute Gasteiger partial charge is 0.574 e. The number of hydrogen-bond donors (Lipinski definition) is 0. The van der Waals surface area contributed by atoms with Crippen LogP contribution in [0.25, 0.3) is 0 Å². The van der Waals surface area contributed by atoms with Crippen LogP contribution in [-0.4, -0.2) is 11.3 Å². The van der Waals surface area contributed by atoms with Crippen molar-refractivity contribution in [2.75, 3.05) is 0 Å². The second-order valence-electron chi connectivity index (χ2n) is 3.36. The fourth-order valence-corrected chi connectivity index (χ4v) is 1.59. The van der Waals surface area contributed by atoms with E-state index in [1.165, 1.54) is 0 Å². The molecule has 0 spiro atoms. The molecule has 0 radical (unpaired) electrons.